The Kier molecular flexibility index (Phi) is 4.78. The lowest BCUT2D eigenvalue weighted by molar-refractivity contribution is -0.385. The summed E-state index contributed by atoms with van der Waals surface area (Å²) < 4.78 is 1.18. The fourth-order valence-electron chi connectivity index (χ4n) is 1.36. The highest BCUT2D eigenvalue weighted by Crippen LogP contribution is 2.07. The molecule has 0 bridgehead atoms. The largest absolute Gasteiger partial charge is 0.394 e. The molecule has 1 rings (SSSR count). The van der Waals surface area contributed by atoms with E-state index in [-0.39, 0.29) is 36.7 Å². The summed E-state index contributed by atoms with van der Waals surface area (Å²) in [4.78, 5) is 21.5. The van der Waals surface area contributed by atoms with Crippen molar-refractivity contribution >= 4 is 11.6 Å². The van der Waals surface area contributed by atoms with Gasteiger partial charge in [0.05, 0.1) is 17.6 Å². The molecule has 0 aliphatic rings. The molecule has 1 heterocycles. The number of aromatic nitrogens is 2. The molecule has 8 nitrogen and oxygen atoms in total. The number of nitrogens with zero attached hydrogens (tertiary/aromatic N) is 3. The van der Waals surface area contributed by atoms with Crippen molar-refractivity contribution in [3.05, 3.63) is 22.5 Å². The summed E-state index contributed by atoms with van der Waals surface area (Å²) in [5, 5.41) is 25.8. The quantitative estimate of drug-likeness (QED) is 0.546. The molecule has 8 heteroatoms. The van der Waals surface area contributed by atoms with Crippen molar-refractivity contribution in [1.82, 2.24) is 15.1 Å². The third-order valence-corrected chi connectivity index (χ3v) is 2.48. The van der Waals surface area contributed by atoms with Gasteiger partial charge in [-0.15, -0.1) is 0 Å². The van der Waals surface area contributed by atoms with Crippen molar-refractivity contribution in [2.24, 2.45) is 5.92 Å². The fraction of sp³-hybridized carbons (Fsp3) is 0.600. The van der Waals surface area contributed by atoms with Crippen LogP contribution < -0.4 is 5.32 Å². The zero-order chi connectivity index (χ0) is 13.7. The third-order valence-electron chi connectivity index (χ3n) is 2.48. The highest BCUT2D eigenvalue weighted by Gasteiger charge is 2.16. The SMILES string of the molecule is CC(C)[C@@H](CO)NC(=O)Cn1cc([N+](=O)[O-])cn1. The summed E-state index contributed by atoms with van der Waals surface area (Å²) >= 11 is 0. The number of nitro groups is 1. The first-order valence-corrected chi connectivity index (χ1v) is 5.51. The first-order chi connectivity index (χ1) is 8.43. The van der Waals surface area contributed by atoms with Crippen molar-refractivity contribution in [2.45, 2.75) is 26.4 Å². The summed E-state index contributed by atoms with van der Waals surface area (Å²) in [7, 11) is 0. The van der Waals surface area contributed by atoms with Gasteiger partial charge in [0, 0.05) is 0 Å². The average Bonchev–Trinajstić information content (AvgIpc) is 2.74. The maximum atomic E-state index is 11.6. The van der Waals surface area contributed by atoms with Crippen molar-refractivity contribution in [3.8, 4) is 0 Å². The van der Waals surface area contributed by atoms with Crippen LogP contribution in [0.3, 0.4) is 0 Å². The van der Waals surface area contributed by atoms with E-state index in [2.05, 4.69) is 10.4 Å². The maximum absolute atomic E-state index is 11.6. The number of aliphatic hydroxyl groups excluding tert-OH is 1. The monoisotopic (exact) mass is 256 g/mol. The standard InChI is InChI=1S/C10H16N4O4/c1-7(2)9(6-15)12-10(16)5-13-4-8(3-11-13)14(17)18/h3-4,7,9,15H,5-6H2,1-2H3,(H,12,16)/t9-/m1/s1. The molecule has 1 amide bonds. The molecule has 1 aromatic rings. The van der Waals surface area contributed by atoms with Gasteiger partial charge in [-0.1, -0.05) is 13.8 Å². The fourth-order valence-corrected chi connectivity index (χ4v) is 1.36. The second-order valence-corrected chi connectivity index (χ2v) is 4.25. The normalized spacial score (nSPS) is 12.4. The van der Waals surface area contributed by atoms with Crippen LogP contribution in [0.25, 0.3) is 0 Å². The lowest BCUT2D eigenvalue weighted by atomic mass is 10.1. The van der Waals surface area contributed by atoms with Gasteiger partial charge in [0.1, 0.15) is 18.9 Å². The summed E-state index contributed by atoms with van der Waals surface area (Å²) in [6, 6.07) is -0.331. The molecule has 0 unspecified atom stereocenters. The molecule has 1 atom stereocenters. The van der Waals surface area contributed by atoms with Gasteiger partial charge in [-0.3, -0.25) is 19.6 Å². The van der Waals surface area contributed by atoms with Crippen molar-refractivity contribution in [1.29, 1.82) is 0 Å². The van der Waals surface area contributed by atoms with E-state index in [1.807, 2.05) is 13.8 Å². The van der Waals surface area contributed by atoms with Crippen LogP contribution in [0.4, 0.5) is 5.69 Å². The van der Waals surface area contributed by atoms with Gasteiger partial charge in [-0.25, -0.2) is 0 Å². The summed E-state index contributed by atoms with van der Waals surface area (Å²) in [5.41, 5.74) is -0.162. The number of nitrogens with one attached hydrogen (secondary N) is 1. The van der Waals surface area contributed by atoms with Gasteiger partial charge in [-0.05, 0) is 5.92 Å². The topological polar surface area (TPSA) is 110 Å². The summed E-state index contributed by atoms with van der Waals surface area (Å²) in [6.45, 7) is 3.49. The Hall–Kier alpha value is -1.96. The smallest absolute Gasteiger partial charge is 0.307 e. The first-order valence-electron chi connectivity index (χ1n) is 5.51. The van der Waals surface area contributed by atoms with E-state index in [1.165, 1.54) is 10.9 Å². The van der Waals surface area contributed by atoms with Gasteiger partial charge in [0.15, 0.2) is 0 Å². The number of amides is 1. The molecule has 1 aromatic heterocycles. The van der Waals surface area contributed by atoms with Gasteiger partial charge in [0.25, 0.3) is 0 Å². The number of carbonyl (C=O) groups excluding carboxylic acids is 1. The van der Waals surface area contributed by atoms with Crippen molar-refractivity contribution in [2.75, 3.05) is 6.61 Å². The van der Waals surface area contributed by atoms with Crippen LogP contribution in [0.2, 0.25) is 0 Å². The molecule has 100 valence electrons. The molecule has 0 fully saturated rings. The molecule has 0 saturated heterocycles. The Morgan fingerprint density at radius 3 is 2.78 bits per heavy atom. The van der Waals surface area contributed by atoms with Crippen LogP contribution in [-0.2, 0) is 11.3 Å². The average molecular weight is 256 g/mol. The van der Waals surface area contributed by atoms with E-state index in [4.69, 9.17) is 5.11 Å². The van der Waals surface area contributed by atoms with Gasteiger partial charge < -0.3 is 10.4 Å². The number of rotatable bonds is 6. The maximum Gasteiger partial charge on any atom is 0.307 e. The van der Waals surface area contributed by atoms with E-state index in [9.17, 15) is 14.9 Å². The zero-order valence-electron chi connectivity index (χ0n) is 10.2. The Morgan fingerprint density at radius 2 is 2.33 bits per heavy atom. The first kappa shape index (κ1) is 14.1. The second kappa shape index (κ2) is 6.10. The van der Waals surface area contributed by atoms with Gasteiger partial charge in [-0.2, -0.15) is 5.10 Å². The Bertz CT molecular complexity index is 429. The van der Waals surface area contributed by atoms with E-state index in [1.54, 1.807) is 0 Å². The van der Waals surface area contributed by atoms with Crippen molar-refractivity contribution < 1.29 is 14.8 Å². The third kappa shape index (κ3) is 3.81. The lowest BCUT2D eigenvalue weighted by Gasteiger charge is -2.19. The predicted molar refractivity (Wildman–Crippen MR) is 62.7 cm³/mol. The van der Waals surface area contributed by atoms with Gasteiger partial charge in [0.2, 0.25) is 5.91 Å². The van der Waals surface area contributed by atoms with Crippen LogP contribution in [0, 0.1) is 16.0 Å². The molecule has 0 spiro atoms. The highest BCUT2D eigenvalue weighted by molar-refractivity contribution is 5.76. The molecule has 0 saturated carbocycles. The highest BCUT2D eigenvalue weighted by atomic mass is 16.6. The van der Waals surface area contributed by atoms with E-state index < -0.39 is 4.92 Å². The van der Waals surface area contributed by atoms with Crippen LogP contribution in [0.1, 0.15) is 13.8 Å². The summed E-state index contributed by atoms with van der Waals surface area (Å²) in [6.07, 6.45) is 2.27. The molecule has 0 aliphatic carbocycles. The minimum atomic E-state index is -0.577. The summed E-state index contributed by atoms with van der Waals surface area (Å²) in [5.74, 6) is -0.244. The molecule has 0 aliphatic heterocycles. The Balaban J connectivity index is 2.56. The minimum Gasteiger partial charge on any atom is -0.394 e. The van der Waals surface area contributed by atoms with E-state index in [0.29, 0.717) is 0 Å². The Morgan fingerprint density at radius 1 is 1.67 bits per heavy atom. The zero-order valence-corrected chi connectivity index (χ0v) is 10.2. The van der Waals surface area contributed by atoms with Crippen molar-refractivity contribution in [3.63, 3.8) is 0 Å². The Labute approximate surface area is 104 Å². The molecule has 18 heavy (non-hydrogen) atoms. The molecular formula is C10H16N4O4. The van der Waals surface area contributed by atoms with E-state index in [0.717, 1.165) is 6.20 Å². The predicted octanol–water partition coefficient (Wildman–Crippen LogP) is -0.0756. The minimum absolute atomic E-state index is 0.103. The second-order valence-electron chi connectivity index (χ2n) is 4.25. The molecule has 2 N–H and O–H groups in total. The number of aliphatic hydroxyl groups is 1. The number of hydrogen-bond acceptors (Lipinski definition) is 5. The number of carbonyl (C=O) groups is 1. The lowest BCUT2D eigenvalue weighted by Crippen LogP contribution is -2.42. The molecule has 0 radical (unpaired) electrons. The van der Waals surface area contributed by atoms with Crippen LogP contribution in [0.15, 0.2) is 12.4 Å². The molecule has 0 aromatic carbocycles. The van der Waals surface area contributed by atoms with Crippen LogP contribution >= 0.6 is 0 Å². The van der Waals surface area contributed by atoms with Gasteiger partial charge >= 0.3 is 5.69 Å². The number of hydrogen-bond donors (Lipinski definition) is 2. The van der Waals surface area contributed by atoms with Crippen LogP contribution in [0.5, 0.6) is 0 Å². The molecular weight excluding hydrogens is 240 g/mol. The van der Waals surface area contributed by atoms with E-state index >= 15 is 0 Å². The van der Waals surface area contributed by atoms with Crippen LogP contribution in [-0.4, -0.2) is 38.4 Å².